The highest BCUT2D eigenvalue weighted by Gasteiger charge is 2.29. The van der Waals surface area contributed by atoms with Crippen LogP contribution >= 0.6 is 0 Å². The molecule has 0 aromatic heterocycles. The molecule has 5 rings (SSSR count). The first kappa shape index (κ1) is 23.3. The average Bonchev–Trinajstić information content (AvgIpc) is 2.87. The summed E-state index contributed by atoms with van der Waals surface area (Å²) in [6, 6.07) is 25.5. The molecule has 178 valence electrons. The van der Waals surface area contributed by atoms with E-state index >= 15 is 0 Å². The Kier molecular flexibility index (Phi) is 6.40. The van der Waals surface area contributed by atoms with Gasteiger partial charge in [-0.1, -0.05) is 66.7 Å². The summed E-state index contributed by atoms with van der Waals surface area (Å²) < 4.78 is 14.3. The fourth-order valence-electron chi connectivity index (χ4n) is 5.59. The van der Waals surface area contributed by atoms with Crippen molar-refractivity contribution < 1.29 is 14.3 Å². The summed E-state index contributed by atoms with van der Waals surface area (Å²) >= 11 is 0. The molecule has 1 unspecified atom stereocenters. The van der Waals surface area contributed by atoms with Crippen LogP contribution in [-0.2, 0) is 6.42 Å². The fourth-order valence-corrected chi connectivity index (χ4v) is 5.59. The third-order valence-corrected chi connectivity index (χ3v) is 7.49. The summed E-state index contributed by atoms with van der Waals surface area (Å²) in [4.78, 5) is 11.8. The monoisotopic (exact) mass is 467 g/mol. The Morgan fingerprint density at radius 1 is 1.03 bits per heavy atom. The molecule has 0 bridgehead atoms. The fraction of sp³-hybridized carbons (Fsp3) is 0.258. The van der Waals surface area contributed by atoms with Crippen molar-refractivity contribution in [1.82, 2.24) is 5.32 Å². The van der Waals surface area contributed by atoms with Gasteiger partial charge in [-0.05, 0) is 84.5 Å². The highest BCUT2D eigenvalue weighted by molar-refractivity contribution is 5.89. The number of benzene rings is 4. The van der Waals surface area contributed by atoms with E-state index in [0.29, 0.717) is 16.9 Å². The molecule has 0 saturated carbocycles. The average molecular weight is 468 g/mol. The molecule has 35 heavy (non-hydrogen) atoms. The lowest BCUT2D eigenvalue weighted by Gasteiger charge is -2.33. The molecule has 1 aliphatic carbocycles. The van der Waals surface area contributed by atoms with Crippen LogP contribution < -0.4 is 5.32 Å². The SMILES string of the molecule is Cc1ccc(C2C[C@H](CN[C@H](C)c3ccc(F)c4ccccc34)Cc3ccccc32)cc1C(=O)O. The van der Waals surface area contributed by atoms with Crippen LogP contribution in [0.25, 0.3) is 10.8 Å². The van der Waals surface area contributed by atoms with Crippen molar-refractivity contribution in [1.29, 1.82) is 0 Å². The predicted octanol–water partition coefficient (Wildman–Crippen LogP) is 7.03. The second-order valence-corrected chi connectivity index (χ2v) is 9.75. The van der Waals surface area contributed by atoms with E-state index in [1.807, 2.05) is 49.4 Å². The van der Waals surface area contributed by atoms with Gasteiger partial charge in [0.2, 0.25) is 0 Å². The van der Waals surface area contributed by atoms with Crippen molar-refractivity contribution in [3.05, 3.63) is 118 Å². The van der Waals surface area contributed by atoms with Crippen molar-refractivity contribution in [2.75, 3.05) is 6.54 Å². The molecular formula is C31H30FNO2. The first-order valence-corrected chi connectivity index (χ1v) is 12.2. The predicted molar refractivity (Wildman–Crippen MR) is 139 cm³/mol. The highest BCUT2D eigenvalue weighted by atomic mass is 19.1. The maximum atomic E-state index is 14.3. The molecular weight excluding hydrogens is 437 g/mol. The number of aromatic carboxylic acids is 1. The van der Waals surface area contributed by atoms with Gasteiger partial charge in [0.05, 0.1) is 5.56 Å². The lowest BCUT2D eigenvalue weighted by atomic mass is 9.73. The Labute approximate surface area is 205 Å². The van der Waals surface area contributed by atoms with Gasteiger partial charge in [0.15, 0.2) is 0 Å². The van der Waals surface area contributed by atoms with Gasteiger partial charge in [-0.25, -0.2) is 9.18 Å². The molecule has 0 spiro atoms. The van der Waals surface area contributed by atoms with Gasteiger partial charge in [0, 0.05) is 17.3 Å². The van der Waals surface area contributed by atoms with Crippen LogP contribution in [0.2, 0.25) is 0 Å². The van der Waals surface area contributed by atoms with E-state index in [-0.39, 0.29) is 17.8 Å². The van der Waals surface area contributed by atoms with Crippen LogP contribution in [0.3, 0.4) is 0 Å². The maximum Gasteiger partial charge on any atom is 0.335 e. The quantitative estimate of drug-likeness (QED) is 0.320. The summed E-state index contributed by atoms with van der Waals surface area (Å²) in [5.41, 5.74) is 5.93. The van der Waals surface area contributed by atoms with Crippen molar-refractivity contribution in [2.45, 2.75) is 38.6 Å². The zero-order valence-corrected chi connectivity index (χ0v) is 20.1. The molecule has 4 heteroatoms. The first-order valence-electron chi connectivity index (χ1n) is 12.2. The number of fused-ring (bicyclic) bond motifs is 2. The van der Waals surface area contributed by atoms with Gasteiger partial charge in [0.25, 0.3) is 0 Å². The zero-order chi connectivity index (χ0) is 24.5. The molecule has 4 aromatic rings. The minimum absolute atomic E-state index is 0.0779. The van der Waals surface area contributed by atoms with E-state index in [1.165, 1.54) is 11.1 Å². The van der Waals surface area contributed by atoms with E-state index in [0.717, 1.165) is 41.5 Å². The minimum Gasteiger partial charge on any atom is -0.478 e. The number of rotatable bonds is 6. The highest BCUT2D eigenvalue weighted by Crippen LogP contribution is 2.40. The van der Waals surface area contributed by atoms with Crippen LogP contribution in [0.5, 0.6) is 0 Å². The van der Waals surface area contributed by atoms with Crippen LogP contribution in [-0.4, -0.2) is 17.6 Å². The molecule has 0 heterocycles. The van der Waals surface area contributed by atoms with Gasteiger partial charge >= 0.3 is 5.97 Å². The lowest BCUT2D eigenvalue weighted by Crippen LogP contribution is -2.31. The standard InChI is InChI=1S/C31H30FNO2/c1-19-11-12-23(17-28(19)31(34)35)29-16-21(15-22-7-3-4-8-25(22)29)18-33-20(2)24-13-14-30(32)27-10-6-5-9-26(24)27/h3-14,17,20-21,29,33H,15-16,18H2,1-2H3,(H,34,35)/t20-,21-,29?/m1/s1. The molecule has 0 amide bonds. The van der Waals surface area contributed by atoms with Gasteiger partial charge in [0.1, 0.15) is 5.82 Å². The largest absolute Gasteiger partial charge is 0.478 e. The number of carbonyl (C=O) groups is 1. The van der Waals surface area contributed by atoms with Crippen molar-refractivity contribution >= 4 is 16.7 Å². The van der Waals surface area contributed by atoms with E-state index in [2.05, 4.69) is 42.6 Å². The molecule has 2 N–H and O–H groups in total. The van der Waals surface area contributed by atoms with Gasteiger partial charge in [-0.15, -0.1) is 0 Å². The van der Waals surface area contributed by atoms with Crippen LogP contribution in [0.1, 0.15) is 63.5 Å². The van der Waals surface area contributed by atoms with E-state index in [4.69, 9.17) is 0 Å². The molecule has 0 saturated heterocycles. The van der Waals surface area contributed by atoms with E-state index in [1.54, 1.807) is 6.07 Å². The smallest absolute Gasteiger partial charge is 0.335 e. The van der Waals surface area contributed by atoms with Crippen LogP contribution in [0.15, 0.2) is 78.9 Å². The van der Waals surface area contributed by atoms with Crippen molar-refractivity contribution in [2.24, 2.45) is 5.92 Å². The number of nitrogens with one attached hydrogen (secondary N) is 1. The molecule has 1 aliphatic rings. The summed E-state index contributed by atoms with van der Waals surface area (Å²) in [5, 5.41) is 14.9. The Morgan fingerprint density at radius 3 is 2.57 bits per heavy atom. The molecule has 4 aromatic carbocycles. The molecule has 3 nitrogen and oxygen atoms in total. The number of halogens is 1. The van der Waals surface area contributed by atoms with Crippen LogP contribution in [0.4, 0.5) is 4.39 Å². The Bertz CT molecular complexity index is 1400. The van der Waals surface area contributed by atoms with E-state index in [9.17, 15) is 14.3 Å². The number of aryl methyl sites for hydroxylation is 1. The van der Waals surface area contributed by atoms with Gasteiger partial charge in [-0.2, -0.15) is 0 Å². The Hall–Kier alpha value is -3.50. The second kappa shape index (κ2) is 9.63. The molecule has 0 radical (unpaired) electrons. The Balaban J connectivity index is 1.39. The zero-order valence-electron chi connectivity index (χ0n) is 20.1. The second-order valence-electron chi connectivity index (χ2n) is 9.75. The number of hydrogen-bond acceptors (Lipinski definition) is 2. The number of hydrogen-bond donors (Lipinski definition) is 2. The third kappa shape index (κ3) is 4.59. The topological polar surface area (TPSA) is 49.3 Å². The summed E-state index contributed by atoms with van der Waals surface area (Å²) in [5.74, 6) is -0.514. The number of carboxylic acids is 1. The summed E-state index contributed by atoms with van der Waals surface area (Å²) in [6.45, 7) is 4.80. The normalized spacial score (nSPS) is 18.3. The number of carboxylic acid groups (broad SMARTS) is 1. The van der Waals surface area contributed by atoms with Crippen molar-refractivity contribution in [3.63, 3.8) is 0 Å². The van der Waals surface area contributed by atoms with Gasteiger partial charge in [-0.3, -0.25) is 0 Å². The third-order valence-electron chi connectivity index (χ3n) is 7.49. The van der Waals surface area contributed by atoms with Crippen molar-refractivity contribution in [3.8, 4) is 0 Å². The van der Waals surface area contributed by atoms with Gasteiger partial charge < -0.3 is 10.4 Å². The first-order chi connectivity index (χ1) is 16.9. The van der Waals surface area contributed by atoms with Crippen LogP contribution in [0, 0.1) is 18.7 Å². The molecule has 0 aliphatic heterocycles. The maximum absolute atomic E-state index is 14.3. The molecule has 3 atom stereocenters. The summed E-state index contributed by atoms with van der Waals surface area (Å²) in [6.07, 6.45) is 1.93. The lowest BCUT2D eigenvalue weighted by molar-refractivity contribution is 0.0696. The Morgan fingerprint density at radius 2 is 1.77 bits per heavy atom. The minimum atomic E-state index is -0.882. The molecule has 0 fully saturated rings. The summed E-state index contributed by atoms with van der Waals surface area (Å²) in [7, 11) is 0. The van der Waals surface area contributed by atoms with E-state index < -0.39 is 5.97 Å².